The number of nitrogens with one attached hydrogen (secondary N) is 2. The van der Waals surface area contributed by atoms with Crippen molar-refractivity contribution >= 4 is 5.69 Å². The molecule has 1 aromatic heterocycles. The van der Waals surface area contributed by atoms with Gasteiger partial charge in [-0.15, -0.1) is 0 Å². The number of H-pyrrole nitrogens is 1. The maximum atomic E-state index is 11.2. The van der Waals surface area contributed by atoms with E-state index in [-0.39, 0.29) is 5.56 Å². The maximum Gasteiger partial charge on any atom is 0.274 e. The van der Waals surface area contributed by atoms with Crippen LogP contribution in [-0.2, 0) is 0 Å². The van der Waals surface area contributed by atoms with Gasteiger partial charge in [-0.05, 0) is 12.8 Å². The van der Waals surface area contributed by atoms with Crippen LogP contribution in [0.15, 0.2) is 11.0 Å². The highest BCUT2D eigenvalue weighted by atomic mass is 16.1. The largest absolute Gasteiger partial charge is 0.382 e. The quantitative estimate of drug-likeness (QED) is 0.677. The first-order valence-electron chi connectivity index (χ1n) is 4.08. The third kappa shape index (κ3) is 1.20. The molecule has 1 fully saturated rings. The second-order valence-corrected chi connectivity index (χ2v) is 3.04. The molecule has 0 amide bonds. The molecule has 1 aromatic rings. The van der Waals surface area contributed by atoms with Crippen LogP contribution < -0.4 is 10.9 Å². The molecule has 4 heteroatoms. The van der Waals surface area contributed by atoms with Gasteiger partial charge in [-0.1, -0.05) is 0 Å². The van der Waals surface area contributed by atoms with E-state index in [4.69, 9.17) is 0 Å². The fourth-order valence-electron chi connectivity index (χ4n) is 1.15. The Morgan fingerprint density at radius 1 is 1.67 bits per heavy atom. The van der Waals surface area contributed by atoms with E-state index in [2.05, 4.69) is 15.3 Å². The van der Waals surface area contributed by atoms with E-state index in [9.17, 15) is 4.79 Å². The Hall–Kier alpha value is -1.32. The van der Waals surface area contributed by atoms with Gasteiger partial charge in [-0.3, -0.25) is 4.79 Å². The lowest BCUT2D eigenvalue weighted by Gasteiger charge is -1.99. The molecule has 4 nitrogen and oxygen atoms in total. The number of anilines is 1. The van der Waals surface area contributed by atoms with Crippen molar-refractivity contribution in [1.82, 2.24) is 9.97 Å². The molecule has 0 radical (unpaired) electrons. The van der Waals surface area contributed by atoms with Gasteiger partial charge in [0, 0.05) is 13.0 Å². The molecule has 1 aliphatic rings. The second-order valence-electron chi connectivity index (χ2n) is 3.04. The zero-order chi connectivity index (χ0) is 8.55. The third-order valence-corrected chi connectivity index (χ3v) is 2.05. The summed E-state index contributed by atoms with van der Waals surface area (Å²) in [5, 5.41) is 2.78. The van der Waals surface area contributed by atoms with E-state index in [0.717, 1.165) is 18.7 Å². The minimum Gasteiger partial charge on any atom is -0.382 e. The molecule has 0 atom stereocenters. The van der Waals surface area contributed by atoms with Crippen molar-refractivity contribution < 1.29 is 0 Å². The molecule has 2 N–H and O–H groups in total. The highest BCUT2D eigenvalue weighted by molar-refractivity contribution is 5.37. The SMILES string of the molecule is CNc1cnc(C2CC2)[nH]c1=O. The van der Waals surface area contributed by atoms with Crippen LogP contribution in [0.5, 0.6) is 0 Å². The summed E-state index contributed by atoms with van der Waals surface area (Å²) in [5.74, 6) is 1.34. The van der Waals surface area contributed by atoms with E-state index < -0.39 is 0 Å². The van der Waals surface area contributed by atoms with Crippen molar-refractivity contribution in [3.8, 4) is 0 Å². The summed E-state index contributed by atoms with van der Waals surface area (Å²) in [6, 6.07) is 0. The van der Waals surface area contributed by atoms with E-state index in [1.165, 1.54) is 0 Å². The lowest BCUT2D eigenvalue weighted by atomic mass is 10.4. The van der Waals surface area contributed by atoms with Crippen molar-refractivity contribution in [2.24, 2.45) is 0 Å². The molecule has 0 unspecified atom stereocenters. The zero-order valence-electron chi connectivity index (χ0n) is 6.92. The van der Waals surface area contributed by atoms with Crippen LogP contribution in [0.4, 0.5) is 5.69 Å². The van der Waals surface area contributed by atoms with Crippen molar-refractivity contribution in [2.75, 3.05) is 12.4 Å². The highest BCUT2D eigenvalue weighted by Crippen LogP contribution is 2.37. The van der Waals surface area contributed by atoms with Crippen molar-refractivity contribution in [2.45, 2.75) is 18.8 Å². The zero-order valence-corrected chi connectivity index (χ0v) is 6.92. The molecule has 0 bridgehead atoms. The van der Waals surface area contributed by atoms with Crippen LogP contribution >= 0.6 is 0 Å². The third-order valence-electron chi connectivity index (χ3n) is 2.05. The summed E-state index contributed by atoms with van der Waals surface area (Å²) in [7, 11) is 1.71. The van der Waals surface area contributed by atoms with Gasteiger partial charge in [-0.2, -0.15) is 0 Å². The standard InChI is InChI=1S/C8H11N3O/c1-9-6-4-10-7(5-2-3-5)11-8(6)12/h4-5,9H,2-3H2,1H3,(H,10,11,12). The topological polar surface area (TPSA) is 57.8 Å². The molecule has 0 saturated heterocycles. The van der Waals surface area contributed by atoms with Crippen molar-refractivity contribution in [1.29, 1.82) is 0 Å². The Kier molecular flexibility index (Phi) is 1.60. The minimum absolute atomic E-state index is 0.0746. The van der Waals surface area contributed by atoms with E-state index in [0.29, 0.717) is 11.6 Å². The van der Waals surface area contributed by atoms with E-state index in [1.807, 2.05) is 0 Å². The summed E-state index contributed by atoms with van der Waals surface area (Å²) >= 11 is 0. The van der Waals surface area contributed by atoms with Crippen LogP contribution in [-0.4, -0.2) is 17.0 Å². The first kappa shape index (κ1) is 7.34. The molecule has 64 valence electrons. The van der Waals surface area contributed by atoms with Crippen molar-refractivity contribution in [3.05, 3.63) is 22.4 Å². The maximum absolute atomic E-state index is 11.2. The van der Waals surface area contributed by atoms with Gasteiger partial charge in [0.1, 0.15) is 11.5 Å². The predicted octanol–water partition coefficient (Wildman–Crippen LogP) is 0.689. The van der Waals surface area contributed by atoms with Gasteiger partial charge in [-0.25, -0.2) is 4.98 Å². The number of aromatic amines is 1. The lowest BCUT2D eigenvalue weighted by Crippen LogP contribution is -2.14. The Morgan fingerprint density at radius 2 is 2.42 bits per heavy atom. The highest BCUT2D eigenvalue weighted by Gasteiger charge is 2.25. The Bertz CT molecular complexity index is 340. The van der Waals surface area contributed by atoms with Gasteiger partial charge in [0.05, 0.1) is 6.20 Å². The normalized spacial score (nSPS) is 16.1. The van der Waals surface area contributed by atoms with Crippen LogP contribution in [0.3, 0.4) is 0 Å². The number of rotatable bonds is 2. The molecule has 0 aliphatic heterocycles. The average molecular weight is 165 g/mol. The van der Waals surface area contributed by atoms with Gasteiger partial charge in [0.2, 0.25) is 0 Å². The van der Waals surface area contributed by atoms with Crippen LogP contribution in [0.25, 0.3) is 0 Å². The second kappa shape index (κ2) is 2.62. The molecule has 1 saturated carbocycles. The first-order chi connectivity index (χ1) is 5.81. The van der Waals surface area contributed by atoms with Gasteiger partial charge in [0.15, 0.2) is 0 Å². The van der Waals surface area contributed by atoms with Crippen LogP contribution in [0, 0.1) is 0 Å². The smallest absolute Gasteiger partial charge is 0.274 e. The first-order valence-corrected chi connectivity index (χ1v) is 4.08. The van der Waals surface area contributed by atoms with Crippen LogP contribution in [0.1, 0.15) is 24.6 Å². The summed E-state index contributed by atoms with van der Waals surface area (Å²) < 4.78 is 0. The van der Waals surface area contributed by atoms with Crippen LogP contribution in [0.2, 0.25) is 0 Å². The van der Waals surface area contributed by atoms with E-state index in [1.54, 1.807) is 13.2 Å². The Labute approximate surface area is 70.0 Å². The average Bonchev–Trinajstić information content (AvgIpc) is 2.86. The summed E-state index contributed by atoms with van der Waals surface area (Å²) in [4.78, 5) is 18.2. The summed E-state index contributed by atoms with van der Waals surface area (Å²) in [5.41, 5.74) is 0.453. The Morgan fingerprint density at radius 3 is 2.92 bits per heavy atom. The summed E-state index contributed by atoms with van der Waals surface area (Å²) in [6.45, 7) is 0. The number of hydrogen-bond donors (Lipinski definition) is 2. The lowest BCUT2D eigenvalue weighted by molar-refractivity contribution is 0.909. The van der Waals surface area contributed by atoms with Gasteiger partial charge in [0.25, 0.3) is 5.56 Å². The molecule has 1 aliphatic carbocycles. The Balaban J connectivity index is 2.37. The number of nitrogens with zero attached hydrogens (tertiary/aromatic N) is 1. The molecule has 1 heterocycles. The fraction of sp³-hybridized carbons (Fsp3) is 0.500. The summed E-state index contributed by atoms with van der Waals surface area (Å²) in [6.07, 6.45) is 3.90. The molecule has 12 heavy (non-hydrogen) atoms. The molecular weight excluding hydrogens is 154 g/mol. The number of hydrogen-bond acceptors (Lipinski definition) is 3. The van der Waals surface area contributed by atoms with E-state index >= 15 is 0 Å². The number of aromatic nitrogens is 2. The van der Waals surface area contributed by atoms with Crippen molar-refractivity contribution in [3.63, 3.8) is 0 Å². The molecule has 2 rings (SSSR count). The minimum atomic E-state index is -0.0746. The fourth-order valence-corrected chi connectivity index (χ4v) is 1.15. The van der Waals surface area contributed by atoms with Gasteiger partial charge >= 0.3 is 0 Å². The predicted molar refractivity (Wildman–Crippen MR) is 46.4 cm³/mol. The molecule has 0 aromatic carbocycles. The molecular formula is C8H11N3O. The molecule has 0 spiro atoms. The van der Waals surface area contributed by atoms with Gasteiger partial charge < -0.3 is 10.3 Å². The monoisotopic (exact) mass is 165 g/mol.